The zero-order valence-electron chi connectivity index (χ0n) is 8.61. The van der Waals surface area contributed by atoms with E-state index < -0.39 is 6.63 Å². The standard InChI is InChI=1S/C13H11Cl2P/c14-16(15)13-9-5-4-8-12(13)10-11-6-2-1-3-7-11/h1-9H,10H2. The zero-order chi connectivity index (χ0) is 11.4. The molecular formula is C13H11Cl2P. The molecule has 0 amide bonds. The van der Waals surface area contributed by atoms with Gasteiger partial charge in [0.1, 0.15) is 6.63 Å². The summed E-state index contributed by atoms with van der Waals surface area (Å²) in [6.45, 7) is -1.07. The van der Waals surface area contributed by atoms with E-state index in [-0.39, 0.29) is 0 Å². The Bertz CT molecular complexity index is 454. The topological polar surface area (TPSA) is 0 Å². The lowest BCUT2D eigenvalue weighted by Gasteiger charge is -2.09. The molecule has 0 nitrogen and oxygen atoms in total. The first kappa shape index (κ1) is 11.9. The van der Waals surface area contributed by atoms with Crippen molar-refractivity contribution in [2.75, 3.05) is 0 Å². The van der Waals surface area contributed by atoms with Crippen molar-refractivity contribution >= 4 is 34.4 Å². The van der Waals surface area contributed by atoms with E-state index in [4.69, 9.17) is 22.5 Å². The fourth-order valence-corrected chi connectivity index (χ4v) is 3.20. The third-order valence-electron chi connectivity index (χ3n) is 2.41. The first-order valence-corrected chi connectivity index (χ1v) is 8.16. The van der Waals surface area contributed by atoms with Gasteiger partial charge in [0.25, 0.3) is 0 Å². The average molecular weight is 269 g/mol. The van der Waals surface area contributed by atoms with Crippen LogP contribution in [0, 0.1) is 0 Å². The third kappa shape index (κ3) is 2.98. The van der Waals surface area contributed by atoms with Crippen LogP contribution in [0.15, 0.2) is 54.6 Å². The van der Waals surface area contributed by atoms with Crippen molar-refractivity contribution in [1.82, 2.24) is 0 Å². The number of benzene rings is 2. The fraction of sp³-hybridized carbons (Fsp3) is 0.0769. The molecule has 0 aliphatic rings. The summed E-state index contributed by atoms with van der Waals surface area (Å²) in [6.07, 6.45) is 0.884. The Morgan fingerprint density at radius 2 is 1.44 bits per heavy atom. The Labute approximate surface area is 107 Å². The Morgan fingerprint density at radius 1 is 0.812 bits per heavy atom. The molecule has 0 spiro atoms. The van der Waals surface area contributed by atoms with Crippen LogP contribution in [-0.2, 0) is 6.42 Å². The van der Waals surface area contributed by atoms with Gasteiger partial charge in [0.2, 0.25) is 0 Å². The van der Waals surface area contributed by atoms with E-state index in [1.807, 2.05) is 36.4 Å². The number of halogens is 2. The van der Waals surface area contributed by atoms with Gasteiger partial charge in [-0.05, 0) is 17.5 Å². The van der Waals surface area contributed by atoms with Crippen LogP contribution in [0.4, 0.5) is 0 Å². The minimum atomic E-state index is -1.07. The minimum absolute atomic E-state index is 0.884. The molecule has 2 aromatic rings. The van der Waals surface area contributed by atoms with Crippen molar-refractivity contribution in [3.05, 3.63) is 65.7 Å². The maximum absolute atomic E-state index is 6.00. The monoisotopic (exact) mass is 268 g/mol. The molecule has 0 aliphatic heterocycles. The molecule has 2 aromatic carbocycles. The predicted molar refractivity (Wildman–Crippen MR) is 74.0 cm³/mol. The van der Waals surface area contributed by atoms with Crippen LogP contribution in [0.1, 0.15) is 11.1 Å². The molecule has 0 bridgehead atoms. The molecule has 0 fully saturated rings. The fourth-order valence-electron chi connectivity index (χ4n) is 1.64. The molecule has 0 aliphatic carbocycles. The van der Waals surface area contributed by atoms with Crippen molar-refractivity contribution in [2.24, 2.45) is 0 Å². The van der Waals surface area contributed by atoms with Gasteiger partial charge >= 0.3 is 0 Å². The maximum atomic E-state index is 6.00. The second-order valence-corrected chi connectivity index (χ2v) is 7.02. The highest BCUT2D eigenvalue weighted by molar-refractivity contribution is 8.08. The second-order valence-electron chi connectivity index (χ2n) is 3.52. The summed E-state index contributed by atoms with van der Waals surface area (Å²) in [4.78, 5) is 0. The molecule has 82 valence electrons. The molecule has 0 radical (unpaired) electrons. The van der Waals surface area contributed by atoms with Crippen LogP contribution in [-0.4, -0.2) is 0 Å². The van der Waals surface area contributed by atoms with E-state index in [0.717, 1.165) is 11.7 Å². The van der Waals surface area contributed by atoms with Gasteiger partial charge < -0.3 is 0 Å². The van der Waals surface area contributed by atoms with Crippen LogP contribution in [0.25, 0.3) is 0 Å². The SMILES string of the molecule is ClP(Cl)c1ccccc1Cc1ccccc1. The lowest BCUT2D eigenvalue weighted by molar-refractivity contribution is 1.21. The van der Waals surface area contributed by atoms with Gasteiger partial charge in [-0.1, -0.05) is 77.1 Å². The van der Waals surface area contributed by atoms with Crippen molar-refractivity contribution in [3.63, 3.8) is 0 Å². The molecule has 3 heteroatoms. The van der Waals surface area contributed by atoms with Gasteiger partial charge in [-0.3, -0.25) is 0 Å². The van der Waals surface area contributed by atoms with E-state index in [2.05, 4.69) is 18.2 Å². The Kier molecular flexibility index (Phi) is 4.23. The minimum Gasteiger partial charge on any atom is -0.0727 e. The maximum Gasteiger partial charge on any atom is 0.117 e. The normalized spacial score (nSPS) is 10.7. The smallest absolute Gasteiger partial charge is 0.0727 e. The van der Waals surface area contributed by atoms with Crippen LogP contribution < -0.4 is 5.30 Å². The number of rotatable bonds is 3. The summed E-state index contributed by atoms with van der Waals surface area (Å²) in [6, 6.07) is 18.4. The molecule has 0 N–H and O–H groups in total. The quantitative estimate of drug-likeness (QED) is 0.709. The van der Waals surface area contributed by atoms with E-state index in [1.54, 1.807) is 0 Å². The number of hydrogen-bond donors (Lipinski definition) is 0. The lowest BCUT2D eigenvalue weighted by atomic mass is 10.1. The zero-order valence-corrected chi connectivity index (χ0v) is 11.0. The average Bonchev–Trinajstić information content (AvgIpc) is 2.31. The van der Waals surface area contributed by atoms with E-state index in [0.29, 0.717) is 0 Å². The van der Waals surface area contributed by atoms with E-state index >= 15 is 0 Å². The van der Waals surface area contributed by atoms with E-state index in [9.17, 15) is 0 Å². The third-order valence-corrected chi connectivity index (χ3v) is 4.30. The van der Waals surface area contributed by atoms with Gasteiger partial charge in [0.15, 0.2) is 0 Å². The highest BCUT2D eigenvalue weighted by Gasteiger charge is 2.09. The molecule has 2 rings (SSSR count). The van der Waals surface area contributed by atoms with Crippen molar-refractivity contribution in [1.29, 1.82) is 0 Å². The molecule has 0 saturated carbocycles. The molecule has 0 unspecified atom stereocenters. The van der Waals surface area contributed by atoms with Gasteiger partial charge in [-0.25, -0.2) is 0 Å². The molecular weight excluding hydrogens is 258 g/mol. The first-order valence-electron chi connectivity index (χ1n) is 5.01. The summed E-state index contributed by atoms with van der Waals surface area (Å²) < 4.78 is 0. The molecule has 0 saturated heterocycles. The highest BCUT2D eigenvalue weighted by atomic mass is 35.9. The summed E-state index contributed by atoms with van der Waals surface area (Å²) in [5.74, 6) is 0. The second kappa shape index (κ2) is 5.68. The summed E-state index contributed by atoms with van der Waals surface area (Å²) >= 11 is 12.0. The molecule has 0 atom stereocenters. The first-order chi connectivity index (χ1) is 7.77. The van der Waals surface area contributed by atoms with Gasteiger partial charge in [0, 0.05) is 5.30 Å². The lowest BCUT2D eigenvalue weighted by Crippen LogP contribution is -2.04. The van der Waals surface area contributed by atoms with Crippen LogP contribution in [0.2, 0.25) is 0 Å². The highest BCUT2D eigenvalue weighted by Crippen LogP contribution is 2.46. The summed E-state index contributed by atoms with van der Waals surface area (Å²) in [7, 11) is 0. The van der Waals surface area contributed by atoms with Crippen LogP contribution in [0.3, 0.4) is 0 Å². The molecule has 0 heterocycles. The Morgan fingerprint density at radius 3 is 2.12 bits per heavy atom. The van der Waals surface area contributed by atoms with Crippen molar-refractivity contribution < 1.29 is 0 Å². The summed E-state index contributed by atoms with van der Waals surface area (Å²) in [5, 5.41) is 1.06. The predicted octanol–water partition coefficient (Wildman–Crippen LogP) is 4.69. The van der Waals surface area contributed by atoms with E-state index in [1.165, 1.54) is 11.1 Å². The van der Waals surface area contributed by atoms with Crippen LogP contribution >= 0.6 is 29.1 Å². The Hall–Kier alpha value is -0.550. The molecule has 16 heavy (non-hydrogen) atoms. The van der Waals surface area contributed by atoms with Crippen molar-refractivity contribution in [2.45, 2.75) is 6.42 Å². The van der Waals surface area contributed by atoms with Crippen LogP contribution in [0.5, 0.6) is 0 Å². The van der Waals surface area contributed by atoms with Crippen molar-refractivity contribution in [3.8, 4) is 0 Å². The Balaban J connectivity index is 2.28. The van der Waals surface area contributed by atoms with Gasteiger partial charge in [-0.15, -0.1) is 0 Å². The van der Waals surface area contributed by atoms with Gasteiger partial charge in [-0.2, -0.15) is 0 Å². The van der Waals surface area contributed by atoms with Gasteiger partial charge in [0.05, 0.1) is 0 Å². The number of hydrogen-bond acceptors (Lipinski definition) is 0. The molecule has 0 aromatic heterocycles. The largest absolute Gasteiger partial charge is 0.117 e. The summed E-state index contributed by atoms with van der Waals surface area (Å²) in [5.41, 5.74) is 2.49.